The van der Waals surface area contributed by atoms with Crippen molar-refractivity contribution >= 4 is 22.5 Å². The standard InChI is InChI=1S/C19H20ClN3O3/c1-23(10-14(24)12-26-15-8-6-13(20)7-9-15)11-18-21-17-5-3-2-4-16(17)19(25)22-18/h2-9,14,24H,10-12H2,1H3,(H,21,22,25). The Labute approximate surface area is 156 Å². The molecule has 0 aliphatic rings. The molecular weight excluding hydrogens is 354 g/mol. The monoisotopic (exact) mass is 373 g/mol. The minimum atomic E-state index is -0.678. The molecule has 1 atom stereocenters. The van der Waals surface area contributed by atoms with Gasteiger partial charge in [-0.25, -0.2) is 4.98 Å². The van der Waals surface area contributed by atoms with Crippen LogP contribution < -0.4 is 10.3 Å². The molecule has 0 bridgehead atoms. The number of nitrogens with one attached hydrogen (secondary N) is 1. The van der Waals surface area contributed by atoms with Gasteiger partial charge in [-0.15, -0.1) is 0 Å². The van der Waals surface area contributed by atoms with Crippen LogP contribution in [0.15, 0.2) is 53.3 Å². The Balaban J connectivity index is 1.55. The van der Waals surface area contributed by atoms with Gasteiger partial charge in [0.05, 0.1) is 17.4 Å². The van der Waals surface area contributed by atoms with Crippen molar-refractivity contribution in [2.24, 2.45) is 0 Å². The SMILES string of the molecule is CN(Cc1nc2ccccc2c(=O)[nH]1)CC(O)COc1ccc(Cl)cc1. The number of hydrogen-bond donors (Lipinski definition) is 2. The highest BCUT2D eigenvalue weighted by atomic mass is 35.5. The van der Waals surface area contributed by atoms with E-state index in [1.165, 1.54) is 0 Å². The van der Waals surface area contributed by atoms with Crippen LogP contribution in [0.4, 0.5) is 0 Å². The zero-order chi connectivity index (χ0) is 18.5. The van der Waals surface area contributed by atoms with Crippen LogP contribution >= 0.6 is 11.6 Å². The fourth-order valence-corrected chi connectivity index (χ4v) is 2.79. The van der Waals surface area contributed by atoms with Crippen LogP contribution in [0.25, 0.3) is 10.9 Å². The number of H-pyrrole nitrogens is 1. The molecule has 1 unspecified atom stereocenters. The molecule has 0 aliphatic heterocycles. The van der Waals surface area contributed by atoms with E-state index in [4.69, 9.17) is 16.3 Å². The Morgan fingerprint density at radius 1 is 1.23 bits per heavy atom. The number of rotatable bonds is 7. The fraction of sp³-hybridized carbons (Fsp3) is 0.263. The van der Waals surface area contributed by atoms with Gasteiger partial charge in [0.1, 0.15) is 24.3 Å². The Hall–Kier alpha value is -2.41. The molecule has 0 saturated carbocycles. The van der Waals surface area contributed by atoms with Gasteiger partial charge in [0, 0.05) is 11.6 Å². The predicted octanol–water partition coefficient (Wildman–Crippen LogP) is 2.45. The van der Waals surface area contributed by atoms with Crippen LogP contribution in [-0.4, -0.2) is 46.3 Å². The summed E-state index contributed by atoms with van der Waals surface area (Å²) in [6.45, 7) is 0.954. The topological polar surface area (TPSA) is 78.5 Å². The van der Waals surface area contributed by atoms with E-state index < -0.39 is 6.10 Å². The van der Waals surface area contributed by atoms with Gasteiger partial charge in [-0.2, -0.15) is 0 Å². The largest absolute Gasteiger partial charge is 0.491 e. The molecule has 1 heterocycles. The van der Waals surface area contributed by atoms with Gasteiger partial charge in [0.15, 0.2) is 0 Å². The summed E-state index contributed by atoms with van der Waals surface area (Å²) < 4.78 is 5.54. The summed E-state index contributed by atoms with van der Waals surface area (Å²) in [4.78, 5) is 21.2. The first-order valence-electron chi connectivity index (χ1n) is 8.24. The average Bonchev–Trinajstić information content (AvgIpc) is 2.61. The average molecular weight is 374 g/mol. The van der Waals surface area contributed by atoms with Gasteiger partial charge >= 0.3 is 0 Å². The highest BCUT2D eigenvalue weighted by Gasteiger charge is 2.12. The lowest BCUT2D eigenvalue weighted by Crippen LogP contribution is -2.33. The summed E-state index contributed by atoms with van der Waals surface area (Å²) in [5.74, 6) is 1.21. The molecule has 2 aromatic carbocycles. The third-order valence-electron chi connectivity index (χ3n) is 3.86. The summed E-state index contributed by atoms with van der Waals surface area (Å²) in [5.41, 5.74) is 0.497. The molecule has 7 heteroatoms. The molecule has 0 spiro atoms. The van der Waals surface area contributed by atoms with E-state index in [0.29, 0.717) is 40.6 Å². The van der Waals surface area contributed by atoms with Crippen molar-refractivity contribution in [2.45, 2.75) is 12.6 Å². The number of para-hydroxylation sites is 1. The molecule has 0 fully saturated rings. The summed E-state index contributed by atoms with van der Waals surface area (Å²) in [5, 5.41) is 11.4. The van der Waals surface area contributed by atoms with E-state index in [2.05, 4.69) is 9.97 Å². The number of aromatic amines is 1. The van der Waals surface area contributed by atoms with Crippen LogP contribution in [0, 0.1) is 0 Å². The number of hydrogen-bond acceptors (Lipinski definition) is 5. The van der Waals surface area contributed by atoms with E-state index in [9.17, 15) is 9.90 Å². The van der Waals surface area contributed by atoms with E-state index >= 15 is 0 Å². The number of fused-ring (bicyclic) bond motifs is 1. The molecule has 0 saturated heterocycles. The minimum Gasteiger partial charge on any atom is -0.491 e. The quantitative estimate of drug-likeness (QED) is 0.665. The zero-order valence-corrected chi connectivity index (χ0v) is 15.1. The summed E-state index contributed by atoms with van der Waals surface area (Å²) in [6.07, 6.45) is -0.678. The Morgan fingerprint density at radius 3 is 2.73 bits per heavy atom. The fourth-order valence-electron chi connectivity index (χ4n) is 2.67. The van der Waals surface area contributed by atoms with Crippen molar-refractivity contribution in [3.05, 3.63) is 69.7 Å². The lowest BCUT2D eigenvalue weighted by molar-refractivity contribution is 0.0737. The third kappa shape index (κ3) is 4.82. The molecular formula is C19H20ClN3O3. The van der Waals surface area contributed by atoms with Gasteiger partial charge in [-0.1, -0.05) is 23.7 Å². The predicted molar refractivity (Wildman–Crippen MR) is 102 cm³/mol. The smallest absolute Gasteiger partial charge is 0.258 e. The molecule has 2 N–H and O–H groups in total. The van der Waals surface area contributed by atoms with Crippen LogP contribution in [0.2, 0.25) is 5.02 Å². The second-order valence-corrected chi connectivity index (χ2v) is 6.58. The molecule has 0 radical (unpaired) electrons. The number of likely N-dealkylation sites (N-methyl/N-ethyl adjacent to an activating group) is 1. The number of aromatic nitrogens is 2. The maximum absolute atomic E-state index is 12.1. The summed E-state index contributed by atoms with van der Waals surface area (Å²) in [6, 6.07) is 14.2. The van der Waals surface area contributed by atoms with Gasteiger partial charge in [-0.3, -0.25) is 9.69 Å². The third-order valence-corrected chi connectivity index (χ3v) is 4.11. The maximum Gasteiger partial charge on any atom is 0.258 e. The van der Waals surface area contributed by atoms with E-state index in [1.54, 1.807) is 30.3 Å². The molecule has 0 amide bonds. The van der Waals surface area contributed by atoms with E-state index in [0.717, 1.165) is 0 Å². The lowest BCUT2D eigenvalue weighted by atomic mass is 10.2. The van der Waals surface area contributed by atoms with Gasteiger partial charge < -0.3 is 14.8 Å². The van der Waals surface area contributed by atoms with Gasteiger partial charge in [0.2, 0.25) is 0 Å². The number of halogens is 1. The second kappa shape index (κ2) is 8.31. The summed E-state index contributed by atoms with van der Waals surface area (Å²) in [7, 11) is 1.85. The van der Waals surface area contributed by atoms with Crippen molar-refractivity contribution in [3.8, 4) is 5.75 Å². The molecule has 3 rings (SSSR count). The molecule has 26 heavy (non-hydrogen) atoms. The van der Waals surface area contributed by atoms with Crippen molar-refractivity contribution in [1.82, 2.24) is 14.9 Å². The first-order chi connectivity index (χ1) is 12.5. The number of aliphatic hydroxyl groups excluding tert-OH is 1. The second-order valence-electron chi connectivity index (χ2n) is 6.15. The van der Waals surface area contributed by atoms with Crippen molar-refractivity contribution in [2.75, 3.05) is 20.2 Å². The molecule has 0 aliphatic carbocycles. The van der Waals surface area contributed by atoms with Gasteiger partial charge in [0.25, 0.3) is 5.56 Å². The van der Waals surface area contributed by atoms with Crippen LogP contribution in [0.5, 0.6) is 5.75 Å². The van der Waals surface area contributed by atoms with E-state index in [1.807, 2.05) is 30.1 Å². The molecule has 6 nitrogen and oxygen atoms in total. The van der Waals surface area contributed by atoms with Gasteiger partial charge in [-0.05, 0) is 43.4 Å². The lowest BCUT2D eigenvalue weighted by Gasteiger charge is -2.20. The number of nitrogens with zero attached hydrogens (tertiary/aromatic N) is 2. The van der Waals surface area contributed by atoms with Crippen molar-refractivity contribution in [3.63, 3.8) is 0 Å². The van der Waals surface area contributed by atoms with Crippen molar-refractivity contribution in [1.29, 1.82) is 0 Å². The first-order valence-corrected chi connectivity index (χ1v) is 8.62. The van der Waals surface area contributed by atoms with Crippen LogP contribution in [0.3, 0.4) is 0 Å². The Morgan fingerprint density at radius 2 is 1.96 bits per heavy atom. The molecule has 136 valence electrons. The number of aliphatic hydroxyl groups is 1. The summed E-state index contributed by atoms with van der Waals surface area (Å²) >= 11 is 5.82. The first kappa shape index (κ1) is 18.4. The minimum absolute atomic E-state index is 0.160. The number of benzene rings is 2. The van der Waals surface area contributed by atoms with Crippen molar-refractivity contribution < 1.29 is 9.84 Å². The highest BCUT2D eigenvalue weighted by Crippen LogP contribution is 2.15. The van der Waals surface area contributed by atoms with Crippen LogP contribution in [0.1, 0.15) is 5.82 Å². The van der Waals surface area contributed by atoms with Crippen LogP contribution in [-0.2, 0) is 6.54 Å². The molecule has 1 aromatic heterocycles. The Kier molecular flexibility index (Phi) is 5.88. The van der Waals surface area contributed by atoms with E-state index in [-0.39, 0.29) is 12.2 Å². The highest BCUT2D eigenvalue weighted by molar-refractivity contribution is 6.30. The molecule has 3 aromatic rings. The normalized spacial score (nSPS) is 12.5. The zero-order valence-electron chi connectivity index (χ0n) is 14.4. The number of ether oxygens (including phenoxy) is 1. The maximum atomic E-state index is 12.1. The Bertz CT molecular complexity index is 927.